The van der Waals surface area contributed by atoms with Crippen LogP contribution in [0.3, 0.4) is 0 Å². The number of methoxy groups -OCH3 is 1. The molecule has 9 heteroatoms. The Bertz CT molecular complexity index is 1080. The molecule has 2 N–H and O–H groups in total. The number of carbonyl (C=O) groups is 1. The second kappa shape index (κ2) is 7.77. The molecule has 2 aromatic heterocycles. The van der Waals surface area contributed by atoms with Gasteiger partial charge in [-0.3, -0.25) is 0 Å². The average Bonchev–Trinajstić information content (AvgIpc) is 3.07. The Balaban J connectivity index is 1.86. The number of rotatable bonds is 5. The lowest BCUT2D eigenvalue weighted by atomic mass is 9.97. The molecule has 0 aliphatic heterocycles. The number of carboxylic acid groups (broad SMARTS) is 1. The van der Waals surface area contributed by atoms with E-state index in [0.29, 0.717) is 21.7 Å². The summed E-state index contributed by atoms with van der Waals surface area (Å²) in [6, 6.07) is 2.99. The smallest absolute Gasteiger partial charge is 0.339 e. The summed E-state index contributed by atoms with van der Waals surface area (Å²) in [5, 5.41) is 14.6. The molecule has 0 spiro atoms. The fraction of sp³-hybridized carbons (Fsp3) is 0.316. The van der Waals surface area contributed by atoms with Gasteiger partial charge in [-0.2, -0.15) is 0 Å². The van der Waals surface area contributed by atoms with Gasteiger partial charge < -0.3 is 15.2 Å². The van der Waals surface area contributed by atoms with Gasteiger partial charge in [0.15, 0.2) is 5.16 Å². The molecule has 2 heterocycles. The zero-order valence-corrected chi connectivity index (χ0v) is 17.7. The van der Waals surface area contributed by atoms with Crippen LogP contribution in [0.25, 0.3) is 10.2 Å². The Kier molecular flexibility index (Phi) is 5.35. The monoisotopic (exact) mass is 435 g/mol. The standard InChI is InChI=1S/C19H18ClN3O3S2/c1-26-13-8-12(11(20)7-10(13)18(24)25)21-16-15-9-5-3-4-6-14(9)28-17(15)23-19(22-16)27-2/h7-8H,3-6H2,1-2H3,(H,24,25)(H,21,22,23). The van der Waals surface area contributed by atoms with Crippen molar-refractivity contribution < 1.29 is 14.6 Å². The predicted molar refractivity (Wildman–Crippen MR) is 114 cm³/mol. The lowest BCUT2D eigenvalue weighted by Crippen LogP contribution is -2.04. The Morgan fingerprint density at radius 3 is 2.82 bits per heavy atom. The summed E-state index contributed by atoms with van der Waals surface area (Å²) in [4.78, 5) is 23.1. The summed E-state index contributed by atoms with van der Waals surface area (Å²) in [6.07, 6.45) is 6.39. The van der Waals surface area contributed by atoms with E-state index in [1.807, 2.05) is 6.26 Å². The number of thiophene rings is 1. The molecular weight excluding hydrogens is 418 g/mol. The van der Waals surface area contributed by atoms with E-state index in [2.05, 4.69) is 15.3 Å². The highest BCUT2D eigenvalue weighted by Gasteiger charge is 2.22. The van der Waals surface area contributed by atoms with Crippen molar-refractivity contribution in [1.82, 2.24) is 9.97 Å². The number of thioether (sulfide) groups is 1. The van der Waals surface area contributed by atoms with Crippen molar-refractivity contribution in [3.63, 3.8) is 0 Å². The summed E-state index contributed by atoms with van der Waals surface area (Å²) in [5.41, 5.74) is 1.88. The first kappa shape index (κ1) is 19.3. The number of nitrogens with one attached hydrogen (secondary N) is 1. The van der Waals surface area contributed by atoms with E-state index in [0.717, 1.165) is 29.5 Å². The van der Waals surface area contributed by atoms with Crippen LogP contribution in [0.5, 0.6) is 5.75 Å². The first-order valence-electron chi connectivity index (χ1n) is 8.76. The highest BCUT2D eigenvalue weighted by atomic mass is 35.5. The van der Waals surface area contributed by atoms with Crippen LogP contribution in [0.2, 0.25) is 5.02 Å². The summed E-state index contributed by atoms with van der Waals surface area (Å²) >= 11 is 9.58. The SMILES string of the molecule is COc1cc(Nc2nc(SC)nc3sc4c(c23)CCCC4)c(Cl)cc1C(=O)O. The van der Waals surface area contributed by atoms with Crippen molar-refractivity contribution in [2.75, 3.05) is 18.7 Å². The molecular formula is C19H18ClN3O3S2. The van der Waals surface area contributed by atoms with Crippen LogP contribution < -0.4 is 10.1 Å². The van der Waals surface area contributed by atoms with Crippen molar-refractivity contribution in [3.8, 4) is 5.75 Å². The number of fused-ring (bicyclic) bond motifs is 3. The molecule has 0 unspecified atom stereocenters. The third-order valence-corrected chi connectivity index (χ3v) is 6.80. The van der Waals surface area contributed by atoms with Gasteiger partial charge in [0.25, 0.3) is 0 Å². The van der Waals surface area contributed by atoms with Gasteiger partial charge in [-0.1, -0.05) is 23.4 Å². The van der Waals surface area contributed by atoms with E-state index in [-0.39, 0.29) is 11.3 Å². The van der Waals surface area contributed by atoms with Crippen LogP contribution in [-0.2, 0) is 12.8 Å². The normalized spacial score (nSPS) is 13.4. The number of nitrogens with zero attached hydrogens (tertiary/aromatic N) is 2. The van der Waals surface area contributed by atoms with Gasteiger partial charge in [-0.05, 0) is 43.6 Å². The van der Waals surface area contributed by atoms with E-state index in [1.54, 1.807) is 17.4 Å². The largest absolute Gasteiger partial charge is 0.496 e. The Morgan fingerprint density at radius 1 is 1.32 bits per heavy atom. The van der Waals surface area contributed by atoms with Gasteiger partial charge in [-0.25, -0.2) is 14.8 Å². The zero-order chi connectivity index (χ0) is 19.8. The van der Waals surface area contributed by atoms with E-state index in [4.69, 9.17) is 16.3 Å². The van der Waals surface area contributed by atoms with E-state index >= 15 is 0 Å². The van der Waals surface area contributed by atoms with Gasteiger partial charge in [0.05, 0.1) is 23.2 Å². The molecule has 1 aliphatic carbocycles. The molecule has 0 saturated heterocycles. The van der Waals surface area contributed by atoms with Gasteiger partial charge in [-0.15, -0.1) is 11.3 Å². The minimum Gasteiger partial charge on any atom is -0.496 e. The highest BCUT2D eigenvalue weighted by Crippen LogP contribution is 2.41. The zero-order valence-electron chi connectivity index (χ0n) is 15.3. The summed E-state index contributed by atoms with van der Waals surface area (Å²) in [7, 11) is 1.43. The van der Waals surface area contributed by atoms with Gasteiger partial charge >= 0.3 is 5.97 Å². The molecule has 3 aromatic rings. The van der Waals surface area contributed by atoms with Crippen LogP contribution >= 0.6 is 34.7 Å². The summed E-state index contributed by atoms with van der Waals surface area (Å²) < 4.78 is 5.23. The minimum atomic E-state index is -1.09. The number of aryl methyl sites for hydroxylation is 2. The number of ether oxygens (including phenoxy) is 1. The number of aromatic carboxylic acids is 1. The molecule has 0 atom stereocenters. The molecule has 0 amide bonds. The Morgan fingerprint density at radius 2 is 2.11 bits per heavy atom. The quantitative estimate of drug-likeness (QED) is 0.410. The fourth-order valence-electron chi connectivity index (χ4n) is 3.43. The molecule has 0 bridgehead atoms. The molecule has 1 aliphatic rings. The topological polar surface area (TPSA) is 84.3 Å². The van der Waals surface area contributed by atoms with Gasteiger partial charge in [0.2, 0.25) is 0 Å². The first-order chi connectivity index (χ1) is 13.5. The third-order valence-electron chi connectivity index (χ3n) is 4.75. The van der Waals surface area contributed by atoms with Crippen LogP contribution in [-0.4, -0.2) is 34.4 Å². The van der Waals surface area contributed by atoms with E-state index in [1.165, 1.54) is 41.8 Å². The predicted octanol–water partition coefficient (Wildman–Crippen LogP) is 5.40. The van der Waals surface area contributed by atoms with Crippen LogP contribution in [0.4, 0.5) is 11.5 Å². The maximum atomic E-state index is 11.4. The second-order valence-electron chi connectivity index (χ2n) is 6.41. The second-order valence-corrected chi connectivity index (χ2v) is 8.68. The molecule has 4 rings (SSSR count). The average molecular weight is 436 g/mol. The number of benzene rings is 1. The van der Waals surface area contributed by atoms with Crippen molar-refractivity contribution in [2.24, 2.45) is 0 Å². The molecule has 6 nitrogen and oxygen atoms in total. The molecule has 28 heavy (non-hydrogen) atoms. The van der Waals surface area contributed by atoms with Gasteiger partial charge in [0.1, 0.15) is 22.0 Å². The molecule has 0 radical (unpaired) electrons. The third kappa shape index (κ3) is 3.40. The Hall–Kier alpha value is -2.03. The van der Waals surface area contributed by atoms with Crippen LogP contribution in [0, 0.1) is 0 Å². The summed E-state index contributed by atoms with van der Waals surface area (Å²) in [6.45, 7) is 0. The lowest BCUT2D eigenvalue weighted by molar-refractivity contribution is 0.0693. The maximum absolute atomic E-state index is 11.4. The van der Waals surface area contributed by atoms with E-state index in [9.17, 15) is 9.90 Å². The number of aromatic nitrogens is 2. The molecule has 146 valence electrons. The fourth-order valence-corrected chi connectivity index (χ4v) is 5.33. The number of halogens is 1. The van der Waals surface area contributed by atoms with E-state index < -0.39 is 5.97 Å². The summed E-state index contributed by atoms with van der Waals surface area (Å²) in [5.74, 6) is -0.158. The molecule has 1 aromatic carbocycles. The Labute approximate surface area is 175 Å². The van der Waals surface area contributed by atoms with Crippen molar-refractivity contribution in [2.45, 2.75) is 30.8 Å². The van der Waals surface area contributed by atoms with Crippen molar-refractivity contribution in [3.05, 3.63) is 33.2 Å². The van der Waals surface area contributed by atoms with Crippen molar-refractivity contribution in [1.29, 1.82) is 0 Å². The highest BCUT2D eigenvalue weighted by molar-refractivity contribution is 7.98. The number of hydrogen-bond donors (Lipinski definition) is 2. The van der Waals surface area contributed by atoms with Crippen LogP contribution in [0.1, 0.15) is 33.6 Å². The lowest BCUT2D eigenvalue weighted by Gasteiger charge is -2.15. The number of anilines is 2. The maximum Gasteiger partial charge on any atom is 0.339 e. The number of hydrogen-bond acceptors (Lipinski definition) is 7. The van der Waals surface area contributed by atoms with Crippen molar-refractivity contribution >= 4 is 62.4 Å². The molecule has 0 saturated carbocycles. The first-order valence-corrected chi connectivity index (χ1v) is 11.2. The number of carboxylic acids is 1. The van der Waals surface area contributed by atoms with Gasteiger partial charge in [0, 0.05) is 10.9 Å². The van der Waals surface area contributed by atoms with Crippen LogP contribution in [0.15, 0.2) is 17.3 Å². The minimum absolute atomic E-state index is 0.0172. The molecule has 0 fully saturated rings.